The van der Waals surface area contributed by atoms with E-state index in [9.17, 15) is 9.59 Å². The summed E-state index contributed by atoms with van der Waals surface area (Å²) in [4.78, 5) is 28.7. The number of rotatable bonds is 8. The molecular formula is C25H22ClN3O6. The number of esters is 1. The smallest absolute Gasteiger partial charge is 0.331 e. The molecule has 180 valence electrons. The Labute approximate surface area is 205 Å². The number of hydrogen-bond donors (Lipinski definition) is 0. The van der Waals surface area contributed by atoms with Gasteiger partial charge in [0.15, 0.2) is 11.5 Å². The molecular weight excluding hydrogens is 474 g/mol. The number of nitrogens with zero attached hydrogens (tertiary/aromatic N) is 3. The zero-order valence-electron chi connectivity index (χ0n) is 19.3. The van der Waals surface area contributed by atoms with E-state index in [-0.39, 0.29) is 12.2 Å². The van der Waals surface area contributed by atoms with E-state index in [4.69, 9.17) is 30.3 Å². The molecule has 10 heteroatoms. The molecule has 3 aromatic heterocycles. The Hall–Kier alpha value is -4.11. The van der Waals surface area contributed by atoms with Crippen molar-refractivity contribution < 1.29 is 23.5 Å². The number of hydrogen-bond acceptors (Lipinski definition) is 8. The number of aromatic nitrogens is 3. The molecule has 0 spiro atoms. The molecule has 0 saturated carbocycles. The van der Waals surface area contributed by atoms with Crippen LogP contribution in [-0.4, -0.2) is 27.6 Å². The molecule has 0 aliphatic carbocycles. The van der Waals surface area contributed by atoms with Gasteiger partial charge in [-0.3, -0.25) is 9.20 Å². The molecule has 0 unspecified atom stereocenters. The lowest BCUT2D eigenvalue weighted by Gasteiger charge is -2.11. The van der Waals surface area contributed by atoms with E-state index in [1.807, 2.05) is 13.8 Å². The zero-order chi connectivity index (χ0) is 24.9. The standard InChI is InChI=1S/C25H22ClN3O6/c1-15-20(16(2)35-28-15)14-33-21-7-4-17(10-22(21)32-3)5-9-25(31)34-13-19-11-24(30)29-12-18(26)6-8-23(29)27-19/h4-12H,13-14H2,1-3H3/b9-5+. The summed E-state index contributed by atoms with van der Waals surface area (Å²) in [6, 6.07) is 9.82. The maximum absolute atomic E-state index is 12.2. The second-order valence-electron chi connectivity index (χ2n) is 7.60. The van der Waals surface area contributed by atoms with E-state index < -0.39 is 5.97 Å². The van der Waals surface area contributed by atoms with E-state index in [1.165, 1.54) is 29.8 Å². The zero-order valence-corrected chi connectivity index (χ0v) is 20.0. The predicted molar refractivity (Wildman–Crippen MR) is 129 cm³/mol. The summed E-state index contributed by atoms with van der Waals surface area (Å²) < 4.78 is 23.0. The fraction of sp³-hybridized carbons (Fsp3) is 0.200. The molecule has 0 fully saturated rings. The number of halogens is 1. The van der Waals surface area contributed by atoms with Crippen LogP contribution in [0.4, 0.5) is 0 Å². The van der Waals surface area contributed by atoms with Crippen molar-refractivity contribution >= 4 is 29.3 Å². The molecule has 35 heavy (non-hydrogen) atoms. The van der Waals surface area contributed by atoms with Crippen LogP contribution >= 0.6 is 11.6 Å². The summed E-state index contributed by atoms with van der Waals surface area (Å²) in [6.45, 7) is 3.82. The van der Waals surface area contributed by atoms with E-state index in [1.54, 1.807) is 36.4 Å². The fourth-order valence-electron chi connectivity index (χ4n) is 3.32. The largest absolute Gasteiger partial charge is 0.493 e. The molecule has 0 atom stereocenters. The van der Waals surface area contributed by atoms with Gasteiger partial charge in [-0.1, -0.05) is 22.8 Å². The van der Waals surface area contributed by atoms with Crippen molar-refractivity contribution in [1.29, 1.82) is 0 Å². The van der Waals surface area contributed by atoms with E-state index in [0.717, 1.165) is 11.3 Å². The topological polar surface area (TPSA) is 105 Å². The van der Waals surface area contributed by atoms with E-state index in [0.29, 0.717) is 45.8 Å². The second kappa shape index (κ2) is 10.4. The Balaban J connectivity index is 1.38. The van der Waals surface area contributed by atoms with Gasteiger partial charge in [-0.2, -0.15) is 0 Å². The van der Waals surface area contributed by atoms with Crippen LogP contribution in [0.25, 0.3) is 11.7 Å². The number of methoxy groups -OCH3 is 1. The van der Waals surface area contributed by atoms with Crippen LogP contribution in [0.2, 0.25) is 5.02 Å². The van der Waals surface area contributed by atoms with Gasteiger partial charge in [-0.15, -0.1) is 0 Å². The van der Waals surface area contributed by atoms with E-state index in [2.05, 4.69) is 10.1 Å². The van der Waals surface area contributed by atoms with Gasteiger partial charge in [0.2, 0.25) is 0 Å². The fourth-order valence-corrected chi connectivity index (χ4v) is 3.48. The van der Waals surface area contributed by atoms with Crippen molar-refractivity contribution in [2.45, 2.75) is 27.1 Å². The number of pyridine rings is 1. The van der Waals surface area contributed by atoms with Crippen molar-refractivity contribution in [3.05, 3.63) is 92.3 Å². The van der Waals surface area contributed by atoms with Crippen LogP contribution in [0.1, 0.15) is 28.3 Å². The summed E-state index contributed by atoms with van der Waals surface area (Å²) in [5.41, 5.74) is 2.79. The molecule has 4 rings (SSSR count). The van der Waals surface area contributed by atoms with Gasteiger partial charge in [0.1, 0.15) is 24.6 Å². The maximum atomic E-state index is 12.2. The predicted octanol–water partition coefficient (Wildman–Crippen LogP) is 4.30. The molecule has 0 amide bonds. The van der Waals surface area contributed by atoms with Crippen molar-refractivity contribution in [1.82, 2.24) is 14.5 Å². The van der Waals surface area contributed by atoms with Crippen LogP contribution in [0, 0.1) is 13.8 Å². The average molecular weight is 496 g/mol. The summed E-state index contributed by atoms with van der Waals surface area (Å²) in [5.74, 6) is 1.17. The van der Waals surface area contributed by atoms with Gasteiger partial charge in [-0.05, 0) is 49.8 Å². The Morgan fingerprint density at radius 3 is 2.71 bits per heavy atom. The first kappa shape index (κ1) is 24.0. The lowest BCUT2D eigenvalue weighted by atomic mass is 10.2. The molecule has 0 aliphatic heterocycles. The van der Waals surface area contributed by atoms with Crippen LogP contribution in [-0.2, 0) is 22.7 Å². The lowest BCUT2D eigenvalue weighted by Crippen LogP contribution is -2.16. The third-order valence-corrected chi connectivity index (χ3v) is 5.42. The van der Waals surface area contributed by atoms with Crippen molar-refractivity contribution in [3.63, 3.8) is 0 Å². The lowest BCUT2D eigenvalue weighted by molar-refractivity contribution is -0.139. The molecule has 0 bridgehead atoms. The van der Waals surface area contributed by atoms with Crippen LogP contribution < -0.4 is 15.0 Å². The first-order valence-corrected chi connectivity index (χ1v) is 11.0. The Kier molecular flexibility index (Phi) is 7.17. The van der Waals surface area contributed by atoms with Gasteiger partial charge in [0.05, 0.1) is 29.1 Å². The minimum atomic E-state index is -0.583. The molecule has 0 N–H and O–H groups in total. The quantitative estimate of drug-likeness (QED) is 0.263. The summed E-state index contributed by atoms with van der Waals surface area (Å²) in [7, 11) is 1.53. The maximum Gasteiger partial charge on any atom is 0.331 e. The second-order valence-corrected chi connectivity index (χ2v) is 8.04. The van der Waals surface area contributed by atoms with Crippen molar-refractivity contribution in [2.75, 3.05) is 7.11 Å². The monoisotopic (exact) mass is 495 g/mol. The summed E-state index contributed by atoms with van der Waals surface area (Å²) in [6.07, 6.45) is 4.35. The van der Waals surface area contributed by atoms with Gasteiger partial charge in [-0.25, -0.2) is 9.78 Å². The highest BCUT2D eigenvalue weighted by molar-refractivity contribution is 6.30. The first-order valence-electron chi connectivity index (χ1n) is 10.6. The number of fused-ring (bicyclic) bond motifs is 1. The normalized spacial score (nSPS) is 11.2. The number of aryl methyl sites for hydroxylation is 2. The highest BCUT2D eigenvalue weighted by atomic mass is 35.5. The number of benzene rings is 1. The summed E-state index contributed by atoms with van der Waals surface area (Å²) >= 11 is 5.91. The van der Waals surface area contributed by atoms with Gasteiger partial charge in [0, 0.05) is 18.3 Å². The highest BCUT2D eigenvalue weighted by Gasteiger charge is 2.12. The number of carbonyl (C=O) groups is 1. The number of carbonyl (C=O) groups excluding carboxylic acids is 1. The van der Waals surface area contributed by atoms with Crippen LogP contribution in [0.3, 0.4) is 0 Å². The third-order valence-electron chi connectivity index (χ3n) is 5.19. The molecule has 9 nitrogen and oxygen atoms in total. The molecule has 0 aliphatic rings. The van der Waals surface area contributed by atoms with E-state index >= 15 is 0 Å². The van der Waals surface area contributed by atoms with Gasteiger partial charge in [0.25, 0.3) is 5.56 Å². The average Bonchev–Trinajstić information content (AvgIpc) is 3.17. The minimum absolute atomic E-state index is 0.144. The van der Waals surface area contributed by atoms with Gasteiger partial charge >= 0.3 is 5.97 Å². The Bertz CT molecular complexity index is 1450. The SMILES string of the molecule is COc1cc(/C=C/C(=O)OCc2cc(=O)n3cc(Cl)ccc3n2)ccc1OCc1c(C)noc1C. The number of ether oxygens (including phenoxy) is 3. The van der Waals surface area contributed by atoms with Crippen molar-refractivity contribution in [3.8, 4) is 11.5 Å². The Morgan fingerprint density at radius 1 is 1.14 bits per heavy atom. The first-order chi connectivity index (χ1) is 16.8. The molecule has 1 aromatic carbocycles. The molecule has 3 heterocycles. The van der Waals surface area contributed by atoms with Crippen LogP contribution in [0.5, 0.6) is 11.5 Å². The van der Waals surface area contributed by atoms with Gasteiger partial charge < -0.3 is 18.7 Å². The molecule has 0 saturated heterocycles. The molecule has 0 radical (unpaired) electrons. The minimum Gasteiger partial charge on any atom is -0.493 e. The molecule has 4 aromatic rings. The third kappa shape index (κ3) is 5.70. The summed E-state index contributed by atoms with van der Waals surface area (Å²) in [5, 5.41) is 4.34. The Morgan fingerprint density at radius 2 is 1.97 bits per heavy atom. The van der Waals surface area contributed by atoms with Crippen LogP contribution in [0.15, 0.2) is 58.0 Å². The van der Waals surface area contributed by atoms with Crippen molar-refractivity contribution in [2.24, 2.45) is 0 Å². The highest BCUT2D eigenvalue weighted by Crippen LogP contribution is 2.30.